The van der Waals surface area contributed by atoms with Crippen LogP contribution in [-0.4, -0.2) is 31.6 Å². The van der Waals surface area contributed by atoms with Crippen LogP contribution in [0.3, 0.4) is 0 Å². The Bertz CT molecular complexity index is 1200. The van der Waals surface area contributed by atoms with Crippen molar-refractivity contribution in [3.63, 3.8) is 0 Å². The maximum Gasteiger partial charge on any atom is 0.243 e. The molecule has 0 saturated carbocycles. The molecule has 0 radical (unpaired) electrons. The summed E-state index contributed by atoms with van der Waals surface area (Å²) in [5.74, 6) is 0.533. The van der Waals surface area contributed by atoms with E-state index in [1.165, 1.54) is 22.5 Å². The van der Waals surface area contributed by atoms with E-state index in [1.54, 1.807) is 18.2 Å². The number of sulfonamides is 1. The monoisotopic (exact) mass is 447 g/mol. The van der Waals surface area contributed by atoms with Crippen LogP contribution < -0.4 is 4.74 Å². The van der Waals surface area contributed by atoms with Gasteiger partial charge in [0.05, 0.1) is 4.90 Å². The third kappa shape index (κ3) is 5.33. The van der Waals surface area contributed by atoms with E-state index in [0.717, 1.165) is 29.7 Å². The fraction of sp³-hybridized carbons (Fsp3) is 0.192. The molecule has 6 heteroatoms. The van der Waals surface area contributed by atoms with Gasteiger partial charge >= 0.3 is 0 Å². The van der Waals surface area contributed by atoms with Crippen molar-refractivity contribution in [2.24, 2.45) is 0 Å². The highest BCUT2D eigenvalue weighted by Gasteiger charge is 2.27. The van der Waals surface area contributed by atoms with E-state index in [0.29, 0.717) is 25.3 Å². The average Bonchev–Trinajstić information content (AvgIpc) is 3.38. The molecule has 1 aliphatic rings. The highest BCUT2D eigenvalue weighted by atomic mass is 32.2. The van der Waals surface area contributed by atoms with Crippen LogP contribution in [0, 0.1) is 0 Å². The zero-order chi connectivity index (χ0) is 22.4. The number of carbonyl (C=O) groups excluding carboxylic acids is 1. The highest BCUT2D eigenvalue weighted by molar-refractivity contribution is 7.89. The SMILES string of the molecule is O=C(/C=C/c1cccc(OCc2ccccc2)c1)c1ccc(S(=O)(=O)N2CCCC2)cc1. The van der Waals surface area contributed by atoms with Gasteiger partial charge in [0.2, 0.25) is 10.0 Å². The number of benzene rings is 3. The molecule has 0 spiro atoms. The van der Waals surface area contributed by atoms with E-state index in [2.05, 4.69) is 0 Å². The number of hydrogen-bond acceptors (Lipinski definition) is 4. The minimum atomic E-state index is -3.48. The van der Waals surface area contributed by atoms with Gasteiger partial charge in [-0.2, -0.15) is 4.31 Å². The van der Waals surface area contributed by atoms with Crippen LogP contribution in [0.2, 0.25) is 0 Å². The van der Waals surface area contributed by atoms with Gasteiger partial charge in [0.1, 0.15) is 12.4 Å². The van der Waals surface area contributed by atoms with Gasteiger partial charge in [-0.25, -0.2) is 8.42 Å². The van der Waals surface area contributed by atoms with E-state index >= 15 is 0 Å². The number of nitrogens with zero attached hydrogens (tertiary/aromatic N) is 1. The Balaban J connectivity index is 1.39. The second kappa shape index (κ2) is 9.94. The Labute approximate surface area is 189 Å². The van der Waals surface area contributed by atoms with Crippen LogP contribution in [0.4, 0.5) is 0 Å². The number of allylic oxidation sites excluding steroid dienone is 1. The number of hydrogen-bond donors (Lipinski definition) is 0. The van der Waals surface area contributed by atoms with E-state index in [1.807, 2.05) is 54.6 Å². The standard InChI is InChI=1S/C26H25NO4S/c28-26(23-12-14-25(15-13-23)32(29,30)27-17-4-5-18-27)16-11-21-9-6-10-24(19-21)31-20-22-7-2-1-3-8-22/h1-3,6-16,19H,4-5,17-18,20H2/b16-11+. The molecule has 0 N–H and O–H groups in total. The smallest absolute Gasteiger partial charge is 0.243 e. The van der Waals surface area contributed by atoms with Crippen molar-refractivity contribution in [3.8, 4) is 5.75 Å². The van der Waals surface area contributed by atoms with Crippen molar-refractivity contribution >= 4 is 21.9 Å². The van der Waals surface area contributed by atoms with Crippen molar-refractivity contribution < 1.29 is 17.9 Å². The number of ether oxygens (including phenoxy) is 1. The Morgan fingerprint density at radius 1 is 0.906 bits per heavy atom. The van der Waals surface area contributed by atoms with Crippen LogP contribution in [-0.2, 0) is 16.6 Å². The topological polar surface area (TPSA) is 63.7 Å². The molecule has 3 aromatic carbocycles. The van der Waals surface area contributed by atoms with Gasteiger partial charge in [-0.05, 0) is 66.4 Å². The number of rotatable bonds is 8. The summed E-state index contributed by atoms with van der Waals surface area (Å²) in [5.41, 5.74) is 2.37. The molecule has 32 heavy (non-hydrogen) atoms. The molecule has 3 aromatic rings. The third-order valence-corrected chi connectivity index (χ3v) is 7.29. The maximum atomic E-state index is 12.6. The first-order chi connectivity index (χ1) is 15.5. The van der Waals surface area contributed by atoms with Crippen LogP contribution in [0.15, 0.2) is 89.8 Å². The first-order valence-corrected chi connectivity index (χ1v) is 12.1. The zero-order valence-corrected chi connectivity index (χ0v) is 18.5. The Morgan fingerprint density at radius 3 is 2.34 bits per heavy atom. The van der Waals surface area contributed by atoms with Gasteiger partial charge < -0.3 is 4.74 Å². The molecular weight excluding hydrogens is 422 g/mol. The van der Waals surface area contributed by atoms with Crippen molar-refractivity contribution in [2.75, 3.05) is 13.1 Å². The summed E-state index contributed by atoms with van der Waals surface area (Å²) in [5, 5.41) is 0. The van der Waals surface area contributed by atoms with Gasteiger partial charge in [0, 0.05) is 18.7 Å². The largest absolute Gasteiger partial charge is 0.489 e. The second-order valence-corrected chi connectivity index (χ2v) is 9.62. The third-order valence-electron chi connectivity index (χ3n) is 5.38. The number of carbonyl (C=O) groups is 1. The van der Waals surface area contributed by atoms with Crippen LogP contribution in [0.5, 0.6) is 5.75 Å². The molecule has 5 nitrogen and oxygen atoms in total. The van der Waals surface area contributed by atoms with Crippen molar-refractivity contribution in [1.82, 2.24) is 4.31 Å². The second-order valence-electron chi connectivity index (χ2n) is 7.68. The molecule has 164 valence electrons. The van der Waals surface area contributed by atoms with Gasteiger partial charge in [-0.1, -0.05) is 48.5 Å². The Morgan fingerprint density at radius 2 is 1.62 bits per heavy atom. The average molecular weight is 448 g/mol. The predicted molar refractivity (Wildman–Crippen MR) is 125 cm³/mol. The van der Waals surface area contributed by atoms with Crippen molar-refractivity contribution in [1.29, 1.82) is 0 Å². The fourth-order valence-electron chi connectivity index (χ4n) is 3.59. The van der Waals surface area contributed by atoms with Gasteiger partial charge in [-0.15, -0.1) is 0 Å². The molecule has 4 rings (SSSR count). The van der Waals surface area contributed by atoms with E-state index in [9.17, 15) is 13.2 Å². The van der Waals surface area contributed by atoms with Crippen molar-refractivity contribution in [2.45, 2.75) is 24.3 Å². The molecule has 0 amide bonds. The summed E-state index contributed by atoms with van der Waals surface area (Å²) in [6.07, 6.45) is 4.99. The summed E-state index contributed by atoms with van der Waals surface area (Å²) in [4.78, 5) is 12.8. The summed E-state index contributed by atoms with van der Waals surface area (Å²) in [7, 11) is -3.48. The molecule has 1 heterocycles. The maximum absolute atomic E-state index is 12.6. The van der Waals surface area contributed by atoms with Crippen LogP contribution in [0.25, 0.3) is 6.08 Å². The van der Waals surface area contributed by atoms with Gasteiger partial charge in [0.15, 0.2) is 5.78 Å². The normalized spacial score (nSPS) is 14.6. The van der Waals surface area contributed by atoms with E-state index in [-0.39, 0.29) is 10.7 Å². The molecule has 0 unspecified atom stereocenters. The summed E-state index contributed by atoms with van der Waals surface area (Å²) < 4.78 is 32.6. The minimum absolute atomic E-state index is 0.189. The molecular formula is C26H25NO4S. The lowest BCUT2D eigenvalue weighted by atomic mass is 10.1. The van der Waals surface area contributed by atoms with E-state index < -0.39 is 10.0 Å². The zero-order valence-electron chi connectivity index (χ0n) is 17.7. The lowest BCUT2D eigenvalue weighted by Crippen LogP contribution is -2.27. The molecule has 0 aromatic heterocycles. The summed E-state index contributed by atoms with van der Waals surface area (Å²) >= 11 is 0. The van der Waals surface area contributed by atoms with Crippen molar-refractivity contribution in [3.05, 3.63) is 102 Å². The Hall–Kier alpha value is -3.22. The molecule has 0 atom stereocenters. The van der Waals surface area contributed by atoms with Gasteiger partial charge in [-0.3, -0.25) is 4.79 Å². The highest BCUT2D eigenvalue weighted by Crippen LogP contribution is 2.21. The molecule has 0 aliphatic carbocycles. The van der Waals surface area contributed by atoms with Gasteiger partial charge in [0.25, 0.3) is 0 Å². The van der Waals surface area contributed by atoms with Crippen LogP contribution in [0.1, 0.15) is 34.3 Å². The fourth-order valence-corrected chi connectivity index (χ4v) is 5.10. The summed E-state index contributed by atoms with van der Waals surface area (Å²) in [6, 6.07) is 23.6. The quantitative estimate of drug-likeness (QED) is 0.362. The van der Waals surface area contributed by atoms with Crippen LogP contribution >= 0.6 is 0 Å². The lowest BCUT2D eigenvalue weighted by Gasteiger charge is -2.15. The predicted octanol–water partition coefficient (Wildman–Crippen LogP) is 4.95. The Kier molecular flexibility index (Phi) is 6.83. The molecule has 1 saturated heterocycles. The summed E-state index contributed by atoms with van der Waals surface area (Å²) in [6.45, 7) is 1.58. The molecule has 1 aliphatic heterocycles. The van der Waals surface area contributed by atoms with E-state index in [4.69, 9.17) is 4.74 Å². The lowest BCUT2D eigenvalue weighted by molar-refractivity contribution is 0.104. The first-order valence-electron chi connectivity index (χ1n) is 10.6. The minimum Gasteiger partial charge on any atom is -0.489 e. The molecule has 1 fully saturated rings. The molecule has 0 bridgehead atoms. The number of ketones is 1. The first kappa shape index (κ1) is 22.0.